The van der Waals surface area contributed by atoms with Gasteiger partial charge in [-0.1, -0.05) is 0 Å². The fourth-order valence-electron chi connectivity index (χ4n) is 2.17. The van der Waals surface area contributed by atoms with Gasteiger partial charge in [0.05, 0.1) is 23.4 Å². The van der Waals surface area contributed by atoms with Crippen LogP contribution in [-0.4, -0.2) is 45.5 Å². The standard InChI is InChI=1S/C18H21N3O7/c1-5-26-17(23)16-14(27-11-15(22)28-18(2,3)4)10-20(19-16)12-6-8-13(9-7-12)21(24)25/h6-10H,5,11H2,1-4H3. The number of ether oxygens (including phenoxy) is 3. The van der Waals surface area contributed by atoms with Crippen LogP contribution in [0.15, 0.2) is 30.5 Å². The Balaban J connectivity index is 2.26. The van der Waals surface area contributed by atoms with Gasteiger partial charge >= 0.3 is 11.9 Å². The molecule has 2 rings (SSSR count). The van der Waals surface area contributed by atoms with E-state index in [2.05, 4.69) is 5.10 Å². The molecule has 10 nitrogen and oxygen atoms in total. The third kappa shape index (κ3) is 5.53. The lowest BCUT2D eigenvalue weighted by Crippen LogP contribution is -2.27. The molecule has 0 atom stereocenters. The van der Waals surface area contributed by atoms with E-state index < -0.39 is 29.1 Å². The van der Waals surface area contributed by atoms with E-state index in [0.29, 0.717) is 5.69 Å². The zero-order valence-electron chi connectivity index (χ0n) is 16.0. The summed E-state index contributed by atoms with van der Waals surface area (Å²) < 4.78 is 16.8. The highest BCUT2D eigenvalue weighted by Gasteiger charge is 2.23. The van der Waals surface area contributed by atoms with Crippen LogP contribution in [0.2, 0.25) is 0 Å². The second kappa shape index (κ2) is 8.51. The van der Waals surface area contributed by atoms with Crippen LogP contribution in [0.1, 0.15) is 38.2 Å². The number of hydrogen-bond acceptors (Lipinski definition) is 8. The zero-order chi connectivity index (χ0) is 20.9. The Morgan fingerprint density at radius 3 is 2.39 bits per heavy atom. The summed E-state index contributed by atoms with van der Waals surface area (Å²) >= 11 is 0. The highest BCUT2D eigenvalue weighted by molar-refractivity contribution is 5.90. The summed E-state index contributed by atoms with van der Waals surface area (Å²) in [5.41, 5.74) is -0.414. The molecule has 0 fully saturated rings. The minimum atomic E-state index is -0.720. The van der Waals surface area contributed by atoms with Gasteiger partial charge in [0.2, 0.25) is 5.69 Å². The summed E-state index contributed by atoms with van der Waals surface area (Å²) in [7, 11) is 0. The number of carbonyl (C=O) groups is 2. The van der Waals surface area contributed by atoms with Crippen molar-refractivity contribution in [2.75, 3.05) is 13.2 Å². The smallest absolute Gasteiger partial charge is 0.362 e. The summed E-state index contributed by atoms with van der Waals surface area (Å²) in [5.74, 6) is -1.30. The molecule has 1 aromatic carbocycles. The Bertz CT molecular complexity index is 866. The number of rotatable bonds is 7. The van der Waals surface area contributed by atoms with Gasteiger partial charge < -0.3 is 14.2 Å². The van der Waals surface area contributed by atoms with Gasteiger partial charge in [-0.05, 0) is 39.8 Å². The zero-order valence-corrected chi connectivity index (χ0v) is 16.0. The minimum Gasteiger partial charge on any atom is -0.478 e. The van der Waals surface area contributed by atoms with Gasteiger partial charge in [-0.25, -0.2) is 14.3 Å². The summed E-state index contributed by atoms with van der Waals surface area (Å²) in [5, 5.41) is 14.9. The van der Waals surface area contributed by atoms with Gasteiger partial charge in [0.1, 0.15) is 5.60 Å². The predicted octanol–water partition coefficient (Wildman–Crippen LogP) is 2.68. The first-order chi connectivity index (χ1) is 13.1. The van der Waals surface area contributed by atoms with E-state index in [1.165, 1.54) is 35.1 Å². The molecule has 0 radical (unpaired) electrons. The van der Waals surface area contributed by atoms with Crippen molar-refractivity contribution in [1.29, 1.82) is 0 Å². The minimum absolute atomic E-state index is 0.0302. The summed E-state index contributed by atoms with van der Waals surface area (Å²) in [4.78, 5) is 34.3. The summed E-state index contributed by atoms with van der Waals surface area (Å²) in [6.07, 6.45) is 1.39. The summed E-state index contributed by atoms with van der Waals surface area (Å²) in [6, 6.07) is 5.56. The second-order valence-corrected chi connectivity index (χ2v) is 6.66. The molecule has 10 heteroatoms. The van der Waals surface area contributed by atoms with Crippen molar-refractivity contribution in [3.05, 3.63) is 46.3 Å². The topological polar surface area (TPSA) is 123 Å². The molecular formula is C18H21N3O7. The van der Waals surface area contributed by atoms with E-state index in [1.807, 2.05) is 0 Å². The van der Waals surface area contributed by atoms with Gasteiger partial charge in [-0.3, -0.25) is 10.1 Å². The lowest BCUT2D eigenvalue weighted by Gasteiger charge is -2.19. The molecule has 150 valence electrons. The van der Waals surface area contributed by atoms with Crippen LogP contribution in [0.25, 0.3) is 5.69 Å². The molecule has 0 bridgehead atoms. The van der Waals surface area contributed by atoms with Crippen molar-refractivity contribution in [3.8, 4) is 11.4 Å². The quantitative estimate of drug-likeness (QED) is 0.401. The molecule has 0 unspecified atom stereocenters. The van der Waals surface area contributed by atoms with E-state index in [0.717, 1.165) is 0 Å². The fraction of sp³-hybridized carbons (Fsp3) is 0.389. The molecule has 0 saturated heterocycles. The van der Waals surface area contributed by atoms with Crippen LogP contribution in [0.4, 0.5) is 5.69 Å². The lowest BCUT2D eigenvalue weighted by atomic mass is 10.2. The number of benzene rings is 1. The Labute approximate surface area is 161 Å². The van der Waals surface area contributed by atoms with Crippen LogP contribution < -0.4 is 4.74 Å². The molecule has 0 aliphatic rings. The van der Waals surface area contributed by atoms with Crippen LogP contribution >= 0.6 is 0 Å². The maximum Gasteiger partial charge on any atom is 0.362 e. The Morgan fingerprint density at radius 2 is 1.86 bits per heavy atom. The number of non-ortho nitro benzene ring substituents is 1. The van der Waals surface area contributed by atoms with Gasteiger partial charge in [-0.15, -0.1) is 0 Å². The molecule has 1 heterocycles. The van der Waals surface area contributed by atoms with Crippen molar-refractivity contribution in [1.82, 2.24) is 9.78 Å². The average molecular weight is 391 g/mol. The first-order valence-corrected chi connectivity index (χ1v) is 8.47. The number of aromatic nitrogens is 2. The normalized spacial score (nSPS) is 11.0. The molecule has 0 N–H and O–H groups in total. The fourth-order valence-corrected chi connectivity index (χ4v) is 2.17. The molecule has 1 aromatic heterocycles. The number of esters is 2. The van der Waals surface area contributed by atoms with Crippen LogP contribution in [0, 0.1) is 10.1 Å². The maximum atomic E-state index is 12.1. The van der Waals surface area contributed by atoms with Gasteiger partial charge in [0.25, 0.3) is 5.69 Å². The maximum absolute atomic E-state index is 12.1. The monoisotopic (exact) mass is 391 g/mol. The number of nitro groups is 1. The Morgan fingerprint density at radius 1 is 1.21 bits per heavy atom. The SMILES string of the molecule is CCOC(=O)c1nn(-c2ccc([N+](=O)[O-])cc2)cc1OCC(=O)OC(C)(C)C. The largest absolute Gasteiger partial charge is 0.478 e. The van der Waals surface area contributed by atoms with Gasteiger partial charge in [0.15, 0.2) is 12.4 Å². The van der Waals surface area contributed by atoms with Crippen LogP contribution in [0.3, 0.4) is 0 Å². The van der Waals surface area contributed by atoms with E-state index in [4.69, 9.17) is 14.2 Å². The first kappa shape index (κ1) is 20.9. The Kier molecular flexibility index (Phi) is 6.34. The lowest BCUT2D eigenvalue weighted by molar-refractivity contribution is -0.384. The number of nitrogens with zero attached hydrogens (tertiary/aromatic N) is 3. The highest BCUT2D eigenvalue weighted by Crippen LogP contribution is 2.22. The van der Waals surface area contributed by atoms with Crippen molar-refractivity contribution >= 4 is 17.6 Å². The molecule has 0 spiro atoms. The van der Waals surface area contributed by atoms with Gasteiger partial charge in [0, 0.05) is 12.1 Å². The van der Waals surface area contributed by atoms with Crippen LogP contribution in [-0.2, 0) is 14.3 Å². The number of carbonyl (C=O) groups excluding carboxylic acids is 2. The second-order valence-electron chi connectivity index (χ2n) is 6.66. The number of hydrogen-bond donors (Lipinski definition) is 0. The molecule has 28 heavy (non-hydrogen) atoms. The molecular weight excluding hydrogens is 370 g/mol. The summed E-state index contributed by atoms with van der Waals surface area (Å²) in [6.45, 7) is 6.53. The molecule has 0 amide bonds. The van der Waals surface area contributed by atoms with E-state index in [1.54, 1.807) is 27.7 Å². The van der Waals surface area contributed by atoms with Crippen molar-refractivity contribution in [2.45, 2.75) is 33.3 Å². The first-order valence-electron chi connectivity index (χ1n) is 8.47. The third-order valence-electron chi connectivity index (χ3n) is 3.24. The number of nitro benzene ring substituents is 1. The van der Waals surface area contributed by atoms with E-state index in [-0.39, 0.29) is 23.7 Å². The molecule has 0 saturated carbocycles. The van der Waals surface area contributed by atoms with E-state index in [9.17, 15) is 19.7 Å². The van der Waals surface area contributed by atoms with Gasteiger partial charge in [-0.2, -0.15) is 5.10 Å². The van der Waals surface area contributed by atoms with Crippen molar-refractivity contribution in [2.24, 2.45) is 0 Å². The molecule has 0 aliphatic heterocycles. The van der Waals surface area contributed by atoms with E-state index >= 15 is 0 Å². The highest BCUT2D eigenvalue weighted by atomic mass is 16.6. The van der Waals surface area contributed by atoms with Crippen molar-refractivity contribution in [3.63, 3.8) is 0 Å². The van der Waals surface area contributed by atoms with Crippen LogP contribution in [0.5, 0.6) is 5.75 Å². The third-order valence-corrected chi connectivity index (χ3v) is 3.24. The molecule has 2 aromatic rings. The molecule has 0 aliphatic carbocycles. The average Bonchev–Trinajstić information content (AvgIpc) is 3.03. The predicted molar refractivity (Wildman–Crippen MR) is 97.5 cm³/mol. The van der Waals surface area contributed by atoms with Crippen molar-refractivity contribution < 1.29 is 28.7 Å². The Hall–Kier alpha value is -3.43.